The van der Waals surface area contributed by atoms with Crippen molar-refractivity contribution >= 4 is 47.2 Å². The van der Waals surface area contributed by atoms with E-state index in [0.29, 0.717) is 11.8 Å². The fourth-order valence-electron chi connectivity index (χ4n) is 3.89. The second kappa shape index (κ2) is 11.6. The van der Waals surface area contributed by atoms with E-state index in [4.69, 9.17) is 29.4 Å². The van der Waals surface area contributed by atoms with Gasteiger partial charge < -0.3 is 29.4 Å². The highest BCUT2D eigenvalue weighted by atomic mass is 32.2. The summed E-state index contributed by atoms with van der Waals surface area (Å²) in [7, 11) is 0. The van der Waals surface area contributed by atoms with Crippen LogP contribution in [0.3, 0.4) is 0 Å². The number of hydrogen-bond acceptors (Lipinski definition) is 13. The lowest BCUT2D eigenvalue weighted by Gasteiger charge is -2.44. The van der Waals surface area contributed by atoms with Crippen LogP contribution in [0.15, 0.2) is 34.9 Å². The summed E-state index contributed by atoms with van der Waals surface area (Å²) in [6.07, 6.45) is -5.38. The molecule has 0 amide bonds. The summed E-state index contributed by atoms with van der Waals surface area (Å²) in [5.74, 6) is -4.18. The van der Waals surface area contributed by atoms with Crippen LogP contribution in [-0.2, 0) is 42.9 Å². The quantitative estimate of drug-likeness (QED) is 0.388. The molecule has 5 unspecified atom stereocenters. The maximum Gasteiger partial charge on any atom is 0.303 e. The average molecular weight is 536 g/mol. The normalized spacial score (nSPS) is 25.1. The van der Waals surface area contributed by atoms with Crippen LogP contribution >= 0.6 is 11.8 Å². The molecule has 12 nitrogen and oxygen atoms in total. The summed E-state index contributed by atoms with van der Waals surface area (Å²) in [6, 6.07) is 6.12. The molecule has 0 aromatic heterocycles. The van der Waals surface area contributed by atoms with Crippen LogP contribution in [0.4, 0.5) is 0 Å². The molecule has 0 bridgehead atoms. The molecular weight excluding hydrogens is 510 g/mol. The van der Waals surface area contributed by atoms with Gasteiger partial charge in [-0.15, -0.1) is 0 Å². The molecule has 2 aliphatic rings. The van der Waals surface area contributed by atoms with Crippen molar-refractivity contribution in [2.75, 3.05) is 6.61 Å². The number of nitrogens with two attached hydrogens (primary N) is 1. The largest absolute Gasteiger partial charge is 0.463 e. The SMILES string of the molecule is CC(=O)OCC1OC(SC2=C(N)C(=O)c3ccccc3C2=O)C(OC(C)=O)C(OC(C)=O)C1OC(C)=O. The second-order valence-corrected chi connectivity index (χ2v) is 9.24. The molecule has 0 radical (unpaired) electrons. The van der Waals surface area contributed by atoms with Crippen LogP contribution < -0.4 is 5.73 Å². The van der Waals surface area contributed by atoms with Gasteiger partial charge in [-0.2, -0.15) is 0 Å². The Balaban J connectivity index is 2.06. The molecule has 0 saturated carbocycles. The zero-order valence-electron chi connectivity index (χ0n) is 20.4. The van der Waals surface area contributed by atoms with Crippen molar-refractivity contribution in [1.82, 2.24) is 0 Å². The van der Waals surface area contributed by atoms with E-state index in [9.17, 15) is 28.8 Å². The van der Waals surface area contributed by atoms with E-state index in [1.54, 1.807) is 12.1 Å². The first-order chi connectivity index (χ1) is 17.4. The number of carbonyl (C=O) groups is 6. The summed E-state index contributed by atoms with van der Waals surface area (Å²) >= 11 is 0.677. The molecule has 1 aliphatic carbocycles. The van der Waals surface area contributed by atoms with Crippen LogP contribution in [0.2, 0.25) is 0 Å². The maximum absolute atomic E-state index is 13.2. The smallest absolute Gasteiger partial charge is 0.303 e. The number of benzene rings is 1. The molecule has 1 aliphatic heterocycles. The number of allylic oxidation sites excluding steroid dienone is 2. The van der Waals surface area contributed by atoms with Crippen LogP contribution in [0.1, 0.15) is 48.4 Å². The topological polar surface area (TPSA) is 175 Å². The highest BCUT2D eigenvalue weighted by Crippen LogP contribution is 2.40. The number of fused-ring (bicyclic) bond motifs is 1. The molecule has 1 saturated heterocycles. The van der Waals surface area contributed by atoms with Gasteiger partial charge in [0.1, 0.15) is 18.1 Å². The third-order valence-electron chi connectivity index (χ3n) is 5.29. The van der Waals surface area contributed by atoms with Crippen molar-refractivity contribution in [1.29, 1.82) is 0 Å². The van der Waals surface area contributed by atoms with E-state index in [2.05, 4.69) is 0 Å². The van der Waals surface area contributed by atoms with Gasteiger partial charge >= 0.3 is 23.9 Å². The lowest BCUT2D eigenvalue weighted by Crippen LogP contribution is -2.61. The number of hydrogen-bond donors (Lipinski definition) is 1. The molecule has 1 heterocycles. The molecule has 1 aromatic carbocycles. The number of thioether (sulfide) groups is 1. The Labute approximate surface area is 215 Å². The van der Waals surface area contributed by atoms with Gasteiger partial charge in [-0.25, -0.2) is 0 Å². The van der Waals surface area contributed by atoms with Crippen LogP contribution in [-0.4, -0.2) is 71.9 Å². The summed E-state index contributed by atoms with van der Waals surface area (Å²) in [5, 5.41) is 0. The Bertz CT molecular complexity index is 1180. The van der Waals surface area contributed by atoms with Gasteiger partial charge in [0.15, 0.2) is 18.3 Å². The maximum atomic E-state index is 13.2. The minimum atomic E-state index is -1.42. The Morgan fingerprint density at radius 1 is 0.811 bits per heavy atom. The zero-order chi connectivity index (χ0) is 27.4. The van der Waals surface area contributed by atoms with Gasteiger partial charge in [0.25, 0.3) is 0 Å². The van der Waals surface area contributed by atoms with Crippen LogP contribution in [0.5, 0.6) is 0 Å². The molecule has 0 spiro atoms. The molecule has 1 fully saturated rings. The molecule has 1 aromatic rings. The Kier molecular flexibility index (Phi) is 8.71. The Morgan fingerprint density at radius 3 is 1.86 bits per heavy atom. The number of rotatable bonds is 7. The van der Waals surface area contributed by atoms with Crippen molar-refractivity contribution in [3.8, 4) is 0 Å². The van der Waals surface area contributed by atoms with E-state index in [-0.39, 0.29) is 21.7 Å². The van der Waals surface area contributed by atoms with Crippen molar-refractivity contribution in [2.45, 2.75) is 57.5 Å². The van der Waals surface area contributed by atoms with Crippen LogP contribution in [0, 0.1) is 0 Å². The van der Waals surface area contributed by atoms with E-state index < -0.39 is 71.9 Å². The standard InChI is InChI=1S/C24H25NO11S/c1-10(26)32-9-16-20(33-11(2)27)21(34-12(3)28)22(35-13(4)29)24(36-16)37-23-17(25)18(30)14-7-5-6-8-15(14)19(23)31/h5-8,16,20-22,24H,9,25H2,1-4H3. The molecule has 198 valence electrons. The van der Waals surface area contributed by atoms with Gasteiger partial charge in [-0.05, 0) is 0 Å². The molecule has 5 atom stereocenters. The third kappa shape index (κ3) is 6.35. The number of Topliss-reactive ketones (excluding diaryl/α,β-unsaturated/α-hetero) is 2. The molecule has 2 N–H and O–H groups in total. The first-order valence-electron chi connectivity index (χ1n) is 11.1. The van der Waals surface area contributed by atoms with Gasteiger partial charge in [0.05, 0.1) is 10.6 Å². The number of ether oxygens (including phenoxy) is 5. The van der Waals surface area contributed by atoms with Gasteiger partial charge in [0, 0.05) is 38.8 Å². The van der Waals surface area contributed by atoms with Gasteiger partial charge in [-0.3, -0.25) is 28.8 Å². The van der Waals surface area contributed by atoms with E-state index in [1.165, 1.54) is 12.1 Å². The minimum Gasteiger partial charge on any atom is -0.463 e. The number of esters is 4. The zero-order valence-corrected chi connectivity index (χ0v) is 21.2. The lowest BCUT2D eigenvalue weighted by atomic mass is 9.93. The highest BCUT2D eigenvalue weighted by Gasteiger charge is 2.53. The Hall–Kier alpha value is -3.71. The number of ketones is 2. The summed E-state index contributed by atoms with van der Waals surface area (Å²) < 4.78 is 27.1. The second-order valence-electron chi connectivity index (χ2n) is 8.13. The Morgan fingerprint density at radius 2 is 1.32 bits per heavy atom. The van der Waals surface area contributed by atoms with E-state index >= 15 is 0 Å². The predicted octanol–water partition coefficient (Wildman–Crippen LogP) is 1.05. The molecule has 37 heavy (non-hydrogen) atoms. The van der Waals surface area contributed by atoms with Crippen LogP contribution in [0.25, 0.3) is 0 Å². The van der Waals surface area contributed by atoms with Crippen molar-refractivity contribution in [3.05, 3.63) is 46.0 Å². The molecule has 13 heteroatoms. The lowest BCUT2D eigenvalue weighted by molar-refractivity contribution is -0.237. The van der Waals surface area contributed by atoms with E-state index in [0.717, 1.165) is 27.7 Å². The predicted molar refractivity (Wildman–Crippen MR) is 126 cm³/mol. The van der Waals surface area contributed by atoms with Crippen molar-refractivity contribution < 1.29 is 52.5 Å². The fourth-order valence-corrected chi connectivity index (χ4v) is 5.10. The van der Waals surface area contributed by atoms with Crippen molar-refractivity contribution in [3.63, 3.8) is 0 Å². The van der Waals surface area contributed by atoms with E-state index in [1.807, 2.05) is 0 Å². The third-order valence-corrected chi connectivity index (χ3v) is 6.55. The monoisotopic (exact) mass is 535 g/mol. The summed E-state index contributed by atoms with van der Waals surface area (Å²) in [4.78, 5) is 73.2. The first kappa shape index (κ1) is 27.9. The first-order valence-corrected chi connectivity index (χ1v) is 11.9. The van der Waals surface area contributed by atoms with Gasteiger partial charge in [-0.1, -0.05) is 36.0 Å². The van der Waals surface area contributed by atoms with Gasteiger partial charge in [0.2, 0.25) is 11.6 Å². The molecule has 3 rings (SSSR count). The fraction of sp³-hybridized carbons (Fsp3) is 0.417. The summed E-state index contributed by atoms with van der Waals surface area (Å²) in [5.41, 5.74) is 4.65. The minimum absolute atomic E-state index is 0.120. The van der Waals surface area contributed by atoms with Crippen molar-refractivity contribution in [2.24, 2.45) is 5.73 Å². The summed E-state index contributed by atoms with van der Waals surface area (Å²) in [6.45, 7) is 4.01. The molecular formula is C24H25NO11S. The number of carbonyl (C=O) groups excluding carboxylic acids is 6. The average Bonchev–Trinajstić information content (AvgIpc) is 2.81. The highest BCUT2D eigenvalue weighted by molar-refractivity contribution is 8.04.